The van der Waals surface area contributed by atoms with Crippen LogP contribution in [-0.2, 0) is 13.6 Å². The molecular weight excluding hydrogens is 278 g/mol. The van der Waals surface area contributed by atoms with Gasteiger partial charge in [-0.1, -0.05) is 28.1 Å². The first kappa shape index (κ1) is 12.3. The summed E-state index contributed by atoms with van der Waals surface area (Å²) in [7, 11) is 1.96. The van der Waals surface area contributed by atoms with Crippen molar-refractivity contribution >= 4 is 15.9 Å². The molecule has 1 aromatic heterocycles. The lowest BCUT2D eigenvalue weighted by Gasteiger charge is -2.14. The number of nitrogens with zero attached hydrogens (tertiary/aromatic N) is 2. The van der Waals surface area contributed by atoms with Crippen molar-refractivity contribution in [3.05, 3.63) is 52.3 Å². The van der Waals surface area contributed by atoms with Crippen LogP contribution in [0.3, 0.4) is 0 Å². The van der Waals surface area contributed by atoms with Crippen LogP contribution in [0.1, 0.15) is 24.2 Å². The van der Waals surface area contributed by atoms with E-state index in [0.717, 1.165) is 11.0 Å². The van der Waals surface area contributed by atoms with Crippen LogP contribution < -0.4 is 5.32 Å². The minimum absolute atomic E-state index is 0.322. The van der Waals surface area contributed by atoms with E-state index in [4.69, 9.17) is 0 Å². The highest BCUT2D eigenvalue weighted by Gasteiger charge is 2.06. The fraction of sp³-hybridized carbons (Fsp3) is 0.308. The molecular formula is C13H16BrN3. The molecule has 0 spiro atoms. The molecule has 0 unspecified atom stereocenters. The number of hydrogen-bond donors (Lipinski definition) is 1. The fourth-order valence-electron chi connectivity index (χ4n) is 1.73. The first-order valence-electron chi connectivity index (χ1n) is 5.62. The summed E-state index contributed by atoms with van der Waals surface area (Å²) in [5.41, 5.74) is 2.47. The number of hydrogen-bond acceptors (Lipinski definition) is 2. The Morgan fingerprint density at radius 2 is 2.24 bits per heavy atom. The average Bonchev–Trinajstić information content (AvgIpc) is 2.72. The van der Waals surface area contributed by atoms with Crippen molar-refractivity contribution in [3.63, 3.8) is 0 Å². The summed E-state index contributed by atoms with van der Waals surface area (Å²) in [6.45, 7) is 2.99. The number of benzene rings is 1. The van der Waals surface area contributed by atoms with Gasteiger partial charge in [0.1, 0.15) is 0 Å². The SMILES string of the molecule is C[C@H](NCc1ccnn1C)c1cccc(Br)c1. The smallest absolute Gasteiger partial charge is 0.0518 e. The monoisotopic (exact) mass is 293 g/mol. The van der Waals surface area contributed by atoms with Crippen molar-refractivity contribution in [2.24, 2.45) is 7.05 Å². The van der Waals surface area contributed by atoms with E-state index in [2.05, 4.69) is 51.5 Å². The molecule has 1 aromatic carbocycles. The molecule has 0 fully saturated rings. The molecule has 4 heteroatoms. The summed E-state index contributed by atoms with van der Waals surface area (Å²) < 4.78 is 3.00. The van der Waals surface area contributed by atoms with Gasteiger partial charge in [0.15, 0.2) is 0 Å². The lowest BCUT2D eigenvalue weighted by atomic mass is 10.1. The lowest BCUT2D eigenvalue weighted by molar-refractivity contribution is 0.548. The predicted octanol–water partition coefficient (Wildman–Crippen LogP) is 3.03. The highest BCUT2D eigenvalue weighted by atomic mass is 79.9. The third kappa shape index (κ3) is 3.17. The van der Waals surface area contributed by atoms with Crippen LogP contribution in [0.4, 0.5) is 0 Å². The van der Waals surface area contributed by atoms with E-state index in [0.29, 0.717) is 6.04 Å². The Morgan fingerprint density at radius 3 is 2.88 bits per heavy atom. The van der Waals surface area contributed by atoms with Gasteiger partial charge in [-0.3, -0.25) is 4.68 Å². The van der Waals surface area contributed by atoms with Gasteiger partial charge in [0.2, 0.25) is 0 Å². The van der Waals surface area contributed by atoms with Gasteiger partial charge in [-0.25, -0.2) is 0 Å². The maximum atomic E-state index is 4.15. The fourth-order valence-corrected chi connectivity index (χ4v) is 2.14. The minimum atomic E-state index is 0.322. The second-order valence-electron chi connectivity index (χ2n) is 4.10. The molecule has 0 bridgehead atoms. The Hall–Kier alpha value is -1.13. The normalized spacial score (nSPS) is 12.6. The van der Waals surface area contributed by atoms with E-state index in [1.54, 1.807) is 0 Å². The van der Waals surface area contributed by atoms with Gasteiger partial charge in [-0.2, -0.15) is 5.10 Å². The molecule has 90 valence electrons. The van der Waals surface area contributed by atoms with E-state index in [1.165, 1.54) is 11.3 Å². The molecule has 0 aliphatic carbocycles. The maximum Gasteiger partial charge on any atom is 0.0518 e. The lowest BCUT2D eigenvalue weighted by Crippen LogP contribution is -2.19. The quantitative estimate of drug-likeness (QED) is 0.939. The average molecular weight is 294 g/mol. The van der Waals surface area contributed by atoms with Crippen LogP contribution in [0.5, 0.6) is 0 Å². The van der Waals surface area contributed by atoms with Gasteiger partial charge in [0.05, 0.1) is 5.69 Å². The molecule has 1 atom stereocenters. The van der Waals surface area contributed by atoms with Crippen LogP contribution in [0.25, 0.3) is 0 Å². The first-order chi connectivity index (χ1) is 8.16. The largest absolute Gasteiger partial charge is 0.305 e. The minimum Gasteiger partial charge on any atom is -0.305 e. The van der Waals surface area contributed by atoms with Gasteiger partial charge in [0.25, 0.3) is 0 Å². The molecule has 2 rings (SSSR count). The van der Waals surface area contributed by atoms with Gasteiger partial charge < -0.3 is 5.32 Å². The second-order valence-corrected chi connectivity index (χ2v) is 5.02. The standard InChI is InChI=1S/C13H16BrN3/c1-10(11-4-3-5-12(14)8-11)15-9-13-6-7-16-17(13)2/h3-8,10,15H,9H2,1-2H3/t10-/m0/s1. The van der Waals surface area contributed by atoms with Crippen LogP contribution in [-0.4, -0.2) is 9.78 Å². The van der Waals surface area contributed by atoms with Crippen LogP contribution in [0.15, 0.2) is 41.0 Å². The Balaban J connectivity index is 1.98. The van der Waals surface area contributed by atoms with E-state index in [1.807, 2.05) is 30.1 Å². The molecule has 3 nitrogen and oxygen atoms in total. The molecule has 0 radical (unpaired) electrons. The molecule has 0 aliphatic rings. The summed E-state index contributed by atoms with van der Waals surface area (Å²) in [6, 6.07) is 10.7. The number of halogens is 1. The van der Waals surface area contributed by atoms with E-state index < -0.39 is 0 Å². The number of nitrogens with one attached hydrogen (secondary N) is 1. The molecule has 1 N–H and O–H groups in total. The second kappa shape index (κ2) is 5.47. The molecule has 0 saturated carbocycles. The van der Waals surface area contributed by atoms with Crippen molar-refractivity contribution < 1.29 is 0 Å². The Morgan fingerprint density at radius 1 is 1.41 bits per heavy atom. The molecule has 1 heterocycles. The van der Waals surface area contributed by atoms with Crippen LogP contribution in [0, 0.1) is 0 Å². The number of rotatable bonds is 4. The summed E-state index contributed by atoms with van der Waals surface area (Å²) in [4.78, 5) is 0. The first-order valence-corrected chi connectivity index (χ1v) is 6.42. The van der Waals surface area contributed by atoms with E-state index >= 15 is 0 Å². The van der Waals surface area contributed by atoms with Crippen LogP contribution >= 0.6 is 15.9 Å². The van der Waals surface area contributed by atoms with Crippen molar-refractivity contribution in [3.8, 4) is 0 Å². The number of aromatic nitrogens is 2. The van der Waals surface area contributed by atoms with Crippen molar-refractivity contribution in [1.29, 1.82) is 0 Å². The molecule has 2 aromatic rings. The third-order valence-corrected chi connectivity index (χ3v) is 3.35. The Labute approximate surface area is 110 Å². The highest BCUT2D eigenvalue weighted by molar-refractivity contribution is 9.10. The zero-order chi connectivity index (χ0) is 12.3. The van der Waals surface area contributed by atoms with Crippen molar-refractivity contribution in [2.75, 3.05) is 0 Å². The molecule has 0 aliphatic heterocycles. The Kier molecular flexibility index (Phi) is 3.97. The third-order valence-electron chi connectivity index (χ3n) is 2.86. The summed E-state index contributed by atoms with van der Waals surface area (Å²) in [5, 5.41) is 7.64. The zero-order valence-corrected chi connectivity index (χ0v) is 11.6. The summed E-state index contributed by atoms with van der Waals surface area (Å²) in [6.07, 6.45) is 1.82. The van der Waals surface area contributed by atoms with Gasteiger partial charge in [-0.15, -0.1) is 0 Å². The van der Waals surface area contributed by atoms with Gasteiger partial charge >= 0.3 is 0 Å². The van der Waals surface area contributed by atoms with Crippen molar-refractivity contribution in [1.82, 2.24) is 15.1 Å². The number of aryl methyl sites for hydroxylation is 1. The summed E-state index contributed by atoms with van der Waals surface area (Å²) >= 11 is 3.49. The van der Waals surface area contributed by atoms with Crippen LogP contribution in [0.2, 0.25) is 0 Å². The van der Waals surface area contributed by atoms with Crippen molar-refractivity contribution in [2.45, 2.75) is 19.5 Å². The maximum absolute atomic E-state index is 4.15. The highest BCUT2D eigenvalue weighted by Crippen LogP contribution is 2.18. The molecule has 0 amide bonds. The Bertz CT molecular complexity index is 493. The molecule has 17 heavy (non-hydrogen) atoms. The summed E-state index contributed by atoms with van der Waals surface area (Å²) in [5.74, 6) is 0. The van der Waals surface area contributed by atoms with E-state index in [9.17, 15) is 0 Å². The van der Waals surface area contributed by atoms with Gasteiger partial charge in [0, 0.05) is 30.3 Å². The predicted molar refractivity (Wildman–Crippen MR) is 72.6 cm³/mol. The van der Waals surface area contributed by atoms with E-state index in [-0.39, 0.29) is 0 Å². The van der Waals surface area contributed by atoms with Gasteiger partial charge in [-0.05, 0) is 30.7 Å². The molecule has 0 saturated heterocycles. The zero-order valence-electron chi connectivity index (χ0n) is 10.0. The topological polar surface area (TPSA) is 29.9 Å².